The topological polar surface area (TPSA) is 19.7 Å². The van der Waals surface area contributed by atoms with Crippen LogP contribution in [0.4, 0.5) is 0 Å². The molecule has 0 saturated heterocycles. The van der Waals surface area contributed by atoms with Crippen molar-refractivity contribution < 1.29 is 28.5 Å². The molecule has 0 fully saturated rings. The third kappa shape index (κ3) is 24.9. The minimum atomic E-state index is 0. The van der Waals surface area contributed by atoms with E-state index in [0.717, 1.165) is 0 Å². The van der Waals surface area contributed by atoms with Crippen LogP contribution in [0.3, 0.4) is 0 Å². The van der Waals surface area contributed by atoms with Crippen molar-refractivity contribution in [2.24, 2.45) is 0 Å². The summed E-state index contributed by atoms with van der Waals surface area (Å²) in [4.78, 5) is 3.51. The normalized spacial score (nSPS) is 11.2. The number of rotatable bonds is 30. The van der Waals surface area contributed by atoms with Gasteiger partial charge in [0.05, 0.1) is 6.54 Å². The van der Waals surface area contributed by atoms with Gasteiger partial charge in [-0.05, 0) is 19.3 Å². The number of hydrogen-bond acceptors (Lipinski definition) is 0. The molecule has 0 aliphatic carbocycles. The summed E-state index contributed by atoms with van der Waals surface area (Å²) in [5, 5.41) is 0. The molecular formula is C35H69IN2. The summed E-state index contributed by atoms with van der Waals surface area (Å²) >= 11 is 0. The van der Waals surface area contributed by atoms with E-state index in [1.54, 1.807) is 0 Å². The van der Waals surface area contributed by atoms with E-state index < -0.39 is 0 Å². The first-order valence-corrected chi connectivity index (χ1v) is 17.4. The van der Waals surface area contributed by atoms with Gasteiger partial charge in [-0.3, -0.25) is 0 Å². The predicted octanol–water partition coefficient (Wildman–Crippen LogP) is 8.81. The molecule has 1 rings (SSSR count). The van der Waals surface area contributed by atoms with E-state index in [9.17, 15) is 0 Å². The standard InChI is InChI=1S/C35H68N2.HI/c1-3-5-7-9-11-13-15-17-19-21-23-25-27-29-31-35-36-32-34-37(35)33-30-28-26-24-22-20-18-16-14-12-10-8-6-4-2;/h32,34H,3-31,33H2,1-2H3;1H. The first-order valence-electron chi connectivity index (χ1n) is 17.4. The Balaban J connectivity index is 0.0000137. The van der Waals surface area contributed by atoms with E-state index in [-0.39, 0.29) is 24.0 Å². The molecule has 2 nitrogen and oxygen atoms in total. The number of imidazole rings is 1. The molecule has 226 valence electrons. The zero-order valence-corrected chi connectivity index (χ0v) is 28.4. The summed E-state index contributed by atoms with van der Waals surface area (Å²) < 4.78 is 2.49. The monoisotopic (exact) mass is 644 g/mol. The van der Waals surface area contributed by atoms with Crippen LogP contribution in [0.5, 0.6) is 0 Å². The van der Waals surface area contributed by atoms with Crippen LogP contribution in [0, 0.1) is 0 Å². The highest BCUT2D eigenvalue weighted by atomic mass is 127. The molecule has 1 N–H and O–H groups in total. The first kappa shape index (κ1) is 37.9. The molecule has 0 spiro atoms. The maximum absolute atomic E-state index is 3.51. The van der Waals surface area contributed by atoms with Crippen LogP contribution in [-0.2, 0) is 13.0 Å². The minimum absolute atomic E-state index is 0. The van der Waals surface area contributed by atoms with Gasteiger partial charge in [-0.2, -0.15) is 0 Å². The van der Waals surface area contributed by atoms with Crippen molar-refractivity contribution in [1.29, 1.82) is 0 Å². The maximum Gasteiger partial charge on any atom is 0.254 e. The van der Waals surface area contributed by atoms with E-state index in [1.807, 2.05) is 0 Å². The van der Waals surface area contributed by atoms with Gasteiger partial charge < -0.3 is 24.0 Å². The second-order valence-electron chi connectivity index (χ2n) is 12.0. The average Bonchev–Trinajstić information content (AvgIpc) is 3.36. The fourth-order valence-corrected chi connectivity index (χ4v) is 5.79. The fraction of sp³-hybridized carbons (Fsp3) is 0.914. The lowest BCUT2D eigenvalue weighted by Crippen LogP contribution is -3.00. The molecule has 0 atom stereocenters. The van der Waals surface area contributed by atoms with E-state index in [0.29, 0.717) is 0 Å². The summed E-state index contributed by atoms with van der Waals surface area (Å²) in [6.07, 6.45) is 45.9. The smallest absolute Gasteiger partial charge is 0.254 e. The Kier molecular flexibility index (Phi) is 31.4. The van der Waals surface area contributed by atoms with E-state index in [2.05, 4.69) is 35.8 Å². The van der Waals surface area contributed by atoms with Crippen molar-refractivity contribution in [3.05, 3.63) is 18.2 Å². The van der Waals surface area contributed by atoms with Gasteiger partial charge in [-0.1, -0.05) is 174 Å². The van der Waals surface area contributed by atoms with Crippen LogP contribution in [0.1, 0.15) is 199 Å². The van der Waals surface area contributed by atoms with Crippen molar-refractivity contribution in [3.63, 3.8) is 0 Å². The second kappa shape index (κ2) is 31.5. The molecule has 1 aromatic rings. The largest absolute Gasteiger partial charge is 1.00 e. The quantitative estimate of drug-likeness (QED) is 0.0491. The van der Waals surface area contributed by atoms with Crippen LogP contribution < -0.4 is 28.5 Å². The van der Waals surface area contributed by atoms with Gasteiger partial charge in [-0.15, -0.1) is 0 Å². The number of aryl methyl sites for hydroxylation is 2. The number of aromatic nitrogens is 2. The lowest BCUT2D eigenvalue weighted by Gasteiger charge is -2.04. The van der Waals surface area contributed by atoms with Crippen LogP contribution in [0.15, 0.2) is 12.4 Å². The Morgan fingerprint density at radius 2 is 0.763 bits per heavy atom. The zero-order valence-electron chi connectivity index (χ0n) is 26.2. The number of aromatic amines is 1. The van der Waals surface area contributed by atoms with Gasteiger partial charge in [0.1, 0.15) is 12.4 Å². The molecule has 0 aromatic carbocycles. The summed E-state index contributed by atoms with van der Waals surface area (Å²) in [5.74, 6) is 1.45. The summed E-state index contributed by atoms with van der Waals surface area (Å²) in [6, 6.07) is 0. The third-order valence-corrected chi connectivity index (χ3v) is 8.37. The molecular weight excluding hydrogens is 575 g/mol. The van der Waals surface area contributed by atoms with Crippen molar-refractivity contribution in [3.8, 4) is 0 Å². The lowest BCUT2D eigenvalue weighted by molar-refractivity contribution is -0.703. The van der Waals surface area contributed by atoms with Crippen molar-refractivity contribution in [2.75, 3.05) is 0 Å². The second-order valence-corrected chi connectivity index (χ2v) is 12.0. The minimum Gasteiger partial charge on any atom is -1.00 e. The zero-order chi connectivity index (χ0) is 26.5. The lowest BCUT2D eigenvalue weighted by atomic mass is 10.0. The Bertz CT molecular complexity index is 509. The highest BCUT2D eigenvalue weighted by Crippen LogP contribution is 2.14. The average molecular weight is 645 g/mol. The molecule has 1 heterocycles. The van der Waals surface area contributed by atoms with Gasteiger partial charge in [0.2, 0.25) is 0 Å². The molecule has 0 saturated carbocycles. The van der Waals surface area contributed by atoms with Crippen LogP contribution >= 0.6 is 0 Å². The van der Waals surface area contributed by atoms with Crippen LogP contribution in [0.25, 0.3) is 0 Å². The summed E-state index contributed by atoms with van der Waals surface area (Å²) in [6.45, 7) is 5.81. The molecule has 38 heavy (non-hydrogen) atoms. The molecule has 0 bridgehead atoms. The summed E-state index contributed by atoms with van der Waals surface area (Å²) in [7, 11) is 0. The molecule has 0 unspecified atom stereocenters. The van der Waals surface area contributed by atoms with Gasteiger partial charge in [0.25, 0.3) is 5.82 Å². The molecule has 3 heteroatoms. The van der Waals surface area contributed by atoms with Gasteiger partial charge in [-0.25, -0.2) is 9.55 Å². The molecule has 0 aliphatic heterocycles. The number of halogens is 1. The van der Waals surface area contributed by atoms with Crippen molar-refractivity contribution in [1.82, 2.24) is 4.98 Å². The summed E-state index contributed by atoms with van der Waals surface area (Å²) in [5.41, 5.74) is 0. The van der Waals surface area contributed by atoms with Crippen molar-refractivity contribution in [2.45, 2.75) is 207 Å². The van der Waals surface area contributed by atoms with E-state index in [1.165, 1.54) is 199 Å². The van der Waals surface area contributed by atoms with Gasteiger partial charge >= 0.3 is 0 Å². The highest BCUT2D eigenvalue weighted by Gasteiger charge is 2.09. The van der Waals surface area contributed by atoms with E-state index in [4.69, 9.17) is 0 Å². The van der Waals surface area contributed by atoms with Crippen molar-refractivity contribution >= 4 is 0 Å². The SMILES string of the molecule is CCCCCCCCCCCCCCCCc1[nH]cc[n+]1CCCCCCCCCCCCCCCC.[I-]. The van der Waals surface area contributed by atoms with E-state index >= 15 is 0 Å². The fourth-order valence-electron chi connectivity index (χ4n) is 5.79. The first-order chi connectivity index (χ1) is 18.4. The van der Waals surface area contributed by atoms with Crippen LogP contribution in [0.2, 0.25) is 0 Å². The molecule has 0 amide bonds. The Morgan fingerprint density at radius 1 is 0.447 bits per heavy atom. The number of nitrogens with zero attached hydrogens (tertiary/aromatic N) is 1. The molecule has 1 aromatic heterocycles. The number of unbranched alkanes of at least 4 members (excludes halogenated alkanes) is 26. The molecule has 0 aliphatic rings. The van der Waals surface area contributed by atoms with Gasteiger partial charge in [0, 0.05) is 6.42 Å². The Labute approximate surface area is 257 Å². The Morgan fingerprint density at radius 3 is 1.13 bits per heavy atom. The number of nitrogens with one attached hydrogen (secondary N) is 1. The third-order valence-electron chi connectivity index (χ3n) is 8.37. The highest BCUT2D eigenvalue weighted by molar-refractivity contribution is 4.77. The maximum atomic E-state index is 3.51. The predicted molar refractivity (Wildman–Crippen MR) is 165 cm³/mol. The van der Waals surface area contributed by atoms with Crippen LogP contribution in [-0.4, -0.2) is 4.98 Å². The molecule has 0 radical (unpaired) electrons. The van der Waals surface area contributed by atoms with Gasteiger partial charge in [0.15, 0.2) is 0 Å². The number of hydrogen-bond donors (Lipinski definition) is 1. The number of H-pyrrole nitrogens is 1. The Hall–Kier alpha value is -0.0600.